The molecule has 3 amide bonds. The van der Waals surface area contributed by atoms with Crippen molar-refractivity contribution in [2.75, 3.05) is 100 Å². The largest absolute Gasteiger partial charge is 0.494 e. The van der Waals surface area contributed by atoms with Gasteiger partial charge in [0.2, 0.25) is 23.7 Å². The summed E-state index contributed by atoms with van der Waals surface area (Å²) in [5.41, 5.74) is 4.62. The van der Waals surface area contributed by atoms with Crippen molar-refractivity contribution in [1.29, 1.82) is 0 Å². The number of anilines is 6. The summed E-state index contributed by atoms with van der Waals surface area (Å²) in [6, 6.07) is 22.3. The Morgan fingerprint density at radius 3 is 2.26 bits per heavy atom. The molecule has 62 heavy (non-hydrogen) atoms. The van der Waals surface area contributed by atoms with Gasteiger partial charge < -0.3 is 35.4 Å². The van der Waals surface area contributed by atoms with Crippen LogP contribution in [0.4, 0.5) is 34.5 Å². The lowest BCUT2D eigenvalue weighted by Gasteiger charge is -2.46. The van der Waals surface area contributed by atoms with Gasteiger partial charge in [0.25, 0.3) is 0 Å². The van der Waals surface area contributed by atoms with Gasteiger partial charge in [0, 0.05) is 93.5 Å². The second-order valence-corrected chi connectivity index (χ2v) is 18.8. The number of nitrogens with zero attached hydrogens (tertiary/aromatic N) is 6. The van der Waals surface area contributed by atoms with Crippen molar-refractivity contribution in [2.45, 2.75) is 37.8 Å². The number of hydrogen-bond acceptors (Lipinski definition) is 13. The molecule has 328 valence electrons. The topological polar surface area (TPSA) is 164 Å². The highest BCUT2D eigenvalue weighted by Crippen LogP contribution is 2.35. The van der Waals surface area contributed by atoms with Crippen LogP contribution in [0.5, 0.6) is 5.75 Å². The molecule has 4 aliphatic heterocycles. The maximum atomic E-state index is 13.2. The van der Waals surface area contributed by atoms with Crippen LogP contribution in [0.3, 0.4) is 0 Å². The summed E-state index contributed by atoms with van der Waals surface area (Å²) >= 11 is 6.51. The number of benzene rings is 3. The fraction of sp³-hybridized carbons (Fsp3) is 0.422. The van der Waals surface area contributed by atoms with Crippen LogP contribution in [0.15, 0.2) is 72.9 Å². The summed E-state index contributed by atoms with van der Waals surface area (Å²) in [5.74, 6) is 1.62. The van der Waals surface area contributed by atoms with Crippen LogP contribution in [0.25, 0.3) is 0 Å². The SMILES string of the molecule is CNC1CCC(=O)NC1=O.COc1cc(N2CCC(N3CCN(C(=O)C4CN(c5ccc(C=O)cc5)C4)CC3)CC2)ccc1Nc1ncc(Cl)c(Nc2ccccc2P(C)C)n1. The lowest BCUT2D eigenvalue weighted by molar-refractivity contribution is -0.138. The first-order valence-electron chi connectivity index (χ1n) is 21.1. The molecule has 1 aromatic heterocycles. The summed E-state index contributed by atoms with van der Waals surface area (Å²) in [5, 5.41) is 13.5. The third-order valence-electron chi connectivity index (χ3n) is 12.0. The first-order chi connectivity index (χ1) is 30.0. The van der Waals surface area contributed by atoms with Gasteiger partial charge in [0.1, 0.15) is 17.1 Å². The van der Waals surface area contributed by atoms with Gasteiger partial charge in [-0.25, -0.2) is 4.98 Å². The number of carbonyl (C=O) groups excluding carboxylic acids is 4. The Bertz CT molecular complexity index is 2210. The van der Waals surface area contributed by atoms with E-state index in [9.17, 15) is 19.2 Å². The number of nitrogens with one attached hydrogen (secondary N) is 4. The quantitative estimate of drug-likeness (QED) is 0.0849. The van der Waals surface area contributed by atoms with E-state index >= 15 is 0 Å². The molecule has 1 atom stereocenters. The normalized spacial score (nSPS) is 18.7. The molecular formula is C45H56ClN10O5P. The smallest absolute Gasteiger partial charge is 0.243 e. The van der Waals surface area contributed by atoms with Gasteiger partial charge in [-0.15, -0.1) is 0 Å². The van der Waals surface area contributed by atoms with Crippen LogP contribution in [-0.4, -0.2) is 136 Å². The average molecular weight is 883 g/mol. The first kappa shape index (κ1) is 44.7. The summed E-state index contributed by atoms with van der Waals surface area (Å²) < 4.78 is 5.81. The minimum Gasteiger partial charge on any atom is -0.494 e. The van der Waals surface area contributed by atoms with E-state index in [1.165, 1.54) is 5.30 Å². The number of piperazine rings is 1. The molecule has 5 heterocycles. The van der Waals surface area contributed by atoms with Crippen LogP contribution in [0.1, 0.15) is 36.0 Å². The highest BCUT2D eigenvalue weighted by molar-refractivity contribution is 7.64. The molecule has 3 aromatic carbocycles. The Labute approximate surface area is 369 Å². The highest BCUT2D eigenvalue weighted by Gasteiger charge is 2.37. The molecule has 0 saturated carbocycles. The van der Waals surface area contributed by atoms with Crippen molar-refractivity contribution in [1.82, 2.24) is 30.4 Å². The number of para-hydroxylation sites is 1. The highest BCUT2D eigenvalue weighted by atomic mass is 35.5. The Morgan fingerprint density at radius 2 is 1.60 bits per heavy atom. The number of likely N-dealkylation sites (N-methyl/N-ethyl adjacent to an activating group) is 1. The first-order valence-corrected chi connectivity index (χ1v) is 23.7. The Balaban J connectivity index is 0.000000509. The predicted octanol–water partition coefficient (Wildman–Crippen LogP) is 5.07. The minimum atomic E-state index is -0.312. The van der Waals surface area contributed by atoms with E-state index in [0.29, 0.717) is 47.0 Å². The summed E-state index contributed by atoms with van der Waals surface area (Å²) in [7, 11) is 3.07. The maximum absolute atomic E-state index is 13.2. The standard InChI is InChI=1S/C39H46ClN8O3P.C6H10N2O2/c1-51-35-22-31(12-13-33(35)43-39-41-23-32(40)37(44-39)42-34-6-4-5-7-36(34)52(2)3)45-16-14-30(15-17-45)46-18-20-47(21-19-46)38(50)28-24-48(25-28)29-10-8-27(26-49)9-11-29;1-7-4-2-3-5(9)8-6(4)10/h4-13,22-23,26,28,30H,14-21,24-25H2,1-3H3,(H2,41,42,43,44);4,7H,2-3H2,1H3,(H,8,9,10). The van der Waals surface area contributed by atoms with Crippen molar-refractivity contribution in [3.8, 4) is 5.75 Å². The number of hydrogen-bond donors (Lipinski definition) is 4. The van der Waals surface area contributed by atoms with Crippen LogP contribution in [0.2, 0.25) is 5.02 Å². The lowest BCUT2D eigenvalue weighted by atomic mass is 9.96. The minimum absolute atomic E-state index is 0.0469. The number of aromatic nitrogens is 2. The van der Waals surface area contributed by atoms with Crippen molar-refractivity contribution < 1.29 is 23.9 Å². The van der Waals surface area contributed by atoms with Crippen LogP contribution >= 0.6 is 19.5 Å². The third-order valence-corrected chi connectivity index (χ3v) is 13.6. The molecule has 8 rings (SSSR count). The van der Waals surface area contributed by atoms with Crippen LogP contribution in [-0.2, 0) is 14.4 Å². The zero-order valence-corrected chi connectivity index (χ0v) is 37.4. The molecule has 4 fully saturated rings. The van der Waals surface area contributed by atoms with Gasteiger partial charge in [-0.3, -0.25) is 29.4 Å². The number of rotatable bonds is 12. The molecule has 0 bridgehead atoms. The molecule has 17 heteroatoms. The number of halogens is 1. The van der Waals surface area contributed by atoms with E-state index in [2.05, 4.69) is 77.4 Å². The number of carbonyl (C=O) groups is 4. The molecular weight excluding hydrogens is 827 g/mol. The molecule has 4 aromatic rings. The fourth-order valence-electron chi connectivity index (χ4n) is 8.35. The van der Waals surface area contributed by atoms with E-state index in [1.807, 2.05) is 48.5 Å². The maximum Gasteiger partial charge on any atom is 0.243 e. The second-order valence-electron chi connectivity index (χ2n) is 16.1. The molecule has 1 unspecified atom stereocenters. The fourth-order valence-corrected chi connectivity index (χ4v) is 9.48. The van der Waals surface area contributed by atoms with E-state index in [4.69, 9.17) is 21.3 Å². The van der Waals surface area contributed by atoms with Gasteiger partial charge in [0.15, 0.2) is 5.82 Å². The van der Waals surface area contributed by atoms with Gasteiger partial charge in [-0.1, -0.05) is 37.7 Å². The molecule has 4 N–H and O–H groups in total. The second kappa shape index (κ2) is 20.7. The van der Waals surface area contributed by atoms with Gasteiger partial charge in [-0.05, 0) is 87.4 Å². The van der Waals surface area contributed by atoms with E-state index < -0.39 is 0 Å². The average Bonchev–Trinajstić information content (AvgIpc) is 3.28. The molecule has 4 aliphatic rings. The Hall–Kier alpha value is -5.34. The predicted molar refractivity (Wildman–Crippen MR) is 248 cm³/mol. The van der Waals surface area contributed by atoms with Gasteiger partial charge >= 0.3 is 0 Å². The monoisotopic (exact) mass is 882 g/mol. The molecule has 4 saturated heterocycles. The van der Waals surface area contributed by atoms with Gasteiger partial charge in [0.05, 0.1) is 31.0 Å². The summed E-state index contributed by atoms with van der Waals surface area (Å²) in [6.45, 7) is 11.3. The molecule has 0 radical (unpaired) electrons. The number of ether oxygens (including phenoxy) is 1. The Morgan fingerprint density at radius 1 is 0.887 bits per heavy atom. The van der Waals surface area contributed by atoms with Crippen molar-refractivity contribution >= 4 is 83.4 Å². The van der Waals surface area contributed by atoms with E-state index in [1.54, 1.807) is 20.4 Å². The summed E-state index contributed by atoms with van der Waals surface area (Å²) in [4.78, 5) is 64.0. The van der Waals surface area contributed by atoms with E-state index in [-0.39, 0.29) is 37.6 Å². The van der Waals surface area contributed by atoms with E-state index in [0.717, 1.165) is 94.2 Å². The molecule has 0 spiro atoms. The number of methoxy groups -OCH3 is 1. The zero-order chi connectivity index (χ0) is 43.8. The van der Waals surface area contributed by atoms with Gasteiger partial charge in [-0.2, -0.15) is 4.98 Å². The van der Waals surface area contributed by atoms with Crippen LogP contribution in [0, 0.1) is 5.92 Å². The van der Waals surface area contributed by atoms with Crippen molar-refractivity contribution in [3.05, 3.63) is 83.5 Å². The molecule has 0 aliphatic carbocycles. The van der Waals surface area contributed by atoms with Crippen molar-refractivity contribution in [3.63, 3.8) is 0 Å². The third kappa shape index (κ3) is 10.8. The number of piperidine rings is 2. The van der Waals surface area contributed by atoms with Crippen LogP contribution < -0.4 is 41.1 Å². The lowest BCUT2D eigenvalue weighted by Crippen LogP contribution is -2.59. The number of imide groups is 1. The number of aldehydes is 1. The zero-order valence-electron chi connectivity index (χ0n) is 35.8. The summed E-state index contributed by atoms with van der Waals surface area (Å²) in [6.07, 6.45) is 5.66. The Kier molecular flexibility index (Phi) is 14.9. The molecule has 15 nitrogen and oxygen atoms in total. The van der Waals surface area contributed by atoms with Crippen molar-refractivity contribution in [2.24, 2.45) is 5.92 Å². The number of amides is 3.